The van der Waals surface area contributed by atoms with Crippen LogP contribution in [-0.2, 0) is 22.3 Å². The molecule has 3 amide bonds. The standard InChI is InChI=1S/C27H27F4N5O3S/c1-12-9-18(27(29,30)31)34-21(19(12)26(39)35-8-6-15(10-35)32-4)16-5-7-33-22-20(28)17(40-23(16)22)11-36-24(37)13(2)14(3)25(36)38/h5,7,9,13-15,32H,6,8,10-11H2,1-4H3. The van der Waals surface area contributed by atoms with Crippen LogP contribution in [0.25, 0.3) is 21.5 Å². The molecule has 0 radical (unpaired) electrons. The summed E-state index contributed by atoms with van der Waals surface area (Å²) in [6, 6.07) is 2.30. The molecule has 2 aliphatic heterocycles. The van der Waals surface area contributed by atoms with E-state index in [0.717, 1.165) is 22.3 Å². The fourth-order valence-electron chi connectivity index (χ4n) is 5.24. The number of carbonyl (C=O) groups excluding carboxylic acids is 3. The van der Waals surface area contributed by atoms with Gasteiger partial charge in [0.1, 0.15) is 11.2 Å². The number of fused-ring (bicyclic) bond motifs is 1. The van der Waals surface area contributed by atoms with Crippen molar-refractivity contribution in [3.05, 3.63) is 45.8 Å². The number of nitrogens with one attached hydrogen (secondary N) is 1. The van der Waals surface area contributed by atoms with Crippen LogP contribution in [-0.4, -0.2) is 63.7 Å². The van der Waals surface area contributed by atoms with Crippen molar-refractivity contribution in [1.29, 1.82) is 0 Å². The van der Waals surface area contributed by atoms with Crippen molar-refractivity contribution in [3.63, 3.8) is 0 Å². The lowest BCUT2D eigenvalue weighted by molar-refractivity contribution is -0.141. The summed E-state index contributed by atoms with van der Waals surface area (Å²) in [7, 11) is 1.77. The third-order valence-electron chi connectivity index (χ3n) is 7.81. The number of pyridine rings is 2. The molecule has 8 nitrogen and oxygen atoms in total. The summed E-state index contributed by atoms with van der Waals surface area (Å²) in [5.41, 5.74) is -1.33. The summed E-state index contributed by atoms with van der Waals surface area (Å²) < 4.78 is 57.3. The normalized spacial score (nSPS) is 21.8. The lowest BCUT2D eigenvalue weighted by Gasteiger charge is -2.21. The van der Waals surface area contributed by atoms with E-state index in [0.29, 0.717) is 19.5 Å². The number of nitrogens with zero attached hydrogens (tertiary/aromatic N) is 4. The summed E-state index contributed by atoms with van der Waals surface area (Å²) in [5, 5.41) is 3.11. The van der Waals surface area contributed by atoms with Crippen LogP contribution in [0, 0.1) is 24.6 Å². The maximum Gasteiger partial charge on any atom is 0.433 e. The van der Waals surface area contributed by atoms with Crippen molar-refractivity contribution in [1.82, 2.24) is 25.1 Å². The largest absolute Gasteiger partial charge is 0.433 e. The summed E-state index contributed by atoms with van der Waals surface area (Å²) in [6.07, 6.45) is -2.85. The zero-order valence-corrected chi connectivity index (χ0v) is 23.0. The molecule has 3 atom stereocenters. The Balaban J connectivity index is 1.65. The molecule has 40 heavy (non-hydrogen) atoms. The lowest BCUT2D eigenvalue weighted by Crippen LogP contribution is -2.34. The molecule has 5 heterocycles. The summed E-state index contributed by atoms with van der Waals surface area (Å²) in [5.74, 6) is -3.17. The van der Waals surface area contributed by atoms with Gasteiger partial charge in [0.25, 0.3) is 5.91 Å². The van der Waals surface area contributed by atoms with Crippen LogP contribution in [0.5, 0.6) is 0 Å². The topological polar surface area (TPSA) is 95.5 Å². The Morgan fingerprint density at radius 2 is 1.88 bits per heavy atom. The van der Waals surface area contributed by atoms with Crippen LogP contribution < -0.4 is 5.32 Å². The molecule has 13 heteroatoms. The van der Waals surface area contributed by atoms with Crippen LogP contribution in [0.4, 0.5) is 17.6 Å². The van der Waals surface area contributed by atoms with E-state index in [9.17, 15) is 27.6 Å². The molecule has 2 saturated heterocycles. The van der Waals surface area contributed by atoms with Crippen LogP contribution in [0.15, 0.2) is 18.3 Å². The van der Waals surface area contributed by atoms with Crippen LogP contribution in [0.2, 0.25) is 0 Å². The van der Waals surface area contributed by atoms with E-state index in [4.69, 9.17) is 0 Å². The number of likely N-dealkylation sites (tertiary alicyclic amines) is 2. The van der Waals surface area contributed by atoms with Gasteiger partial charge in [-0.3, -0.25) is 24.3 Å². The van der Waals surface area contributed by atoms with Gasteiger partial charge in [0.15, 0.2) is 5.82 Å². The third kappa shape index (κ3) is 4.64. The number of aromatic nitrogens is 2. The number of hydrogen-bond donors (Lipinski definition) is 1. The molecule has 0 saturated carbocycles. The van der Waals surface area contributed by atoms with E-state index in [1.165, 1.54) is 19.2 Å². The third-order valence-corrected chi connectivity index (χ3v) is 8.98. The molecule has 3 unspecified atom stereocenters. The van der Waals surface area contributed by atoms with Gasteiger partial charge in [-0.1, -0.05) is 13.8 Å². The number of rotatable bonds is 5. The van der Waals surface area contributed by atoms with E-state index in [-0.39, 0.29) is 50.1 Å². The van der Waals surface area contributed by atoms with Gasteiger partial charge in [-0.25, -0.2) is 9.37 Å². The highest BCUT2D eigenvalue weighted by molar-refractivity contribution is 7.19. The van der Waals surface area contributed by atoms with E-state index in [2.05, 4.69) is 15.3 Å². The molecule has 0 aliphatic carbocycles. The van der Waals surface area contributed by atoms with Gasteiger partial charge in [0.2, 0.25) is 11.8 Å². The van der Waals surface area contributed by atoms with Crippen molar-refractivity contribution in [3.8, 4) is 11.3 Å². The minimum atomic E-state index is -4.78. The van der Waals surface area contributed by atoms with Crippen molar-refractivity contribution in [2.45, 2.75) is 46.0 Å². The molecule has 1 N–H and O–H groups in total. The smallest absolute Gasteiger partial charge is 0.337 e. The SMILES string of the molecule is CNC1CCN(C(=O)c2c(C)cc(C(F)(F)F)nc2-c2ccnc3c(F)c(CN4C(=O)C(C)C(C)C4=O)sc23)C1. The quantitative estimate of drug-likeness (QED) is 0.357. The molecular weight excluding hydrogens is 550 g/mol. The second-order valence-corrected chi connectivity index (χ2v) is 11.4. The van der Waals surface area contributed by atoms with Crippen LogP contribution in [0.1, 0.15) is 46.8 Å². The van der Waals surface area contributed by atoms with E-state index >= 15 is 4.39 Å². The first kappa shape index (κ1) is 28.1. The molecule has 212 valence electrons. The molecule has 0 aromatic carbocycles. The monoisotopic (exact) mass is 577 g/mol. The average molecular weight is 578 g/mol. The Labute approximate surface area is 231 Å². The lowest BCUT2D eigenvalue weighted by atomic mass is 9.99. The minimum Gasteiger partial charge on any atom is -0.337 e. The number of thiophene rings is 1. The molecule has 2 aliphatic rings. The Morgan fingerprint density at radius 1 is 1.20 bits per heavy atom. The van der Waals surface area contributed by atoms with Crippen LogP contribution >= 0.6 is 11.3 Å². The van der Waals surface area contributed by atoms with Crippen molar-refractivity contribution in [2.24, 2.45) is 11.8 Å². The molecule has 3 aromatic heterocycles. The number of alkyl halides is 3. The first-order valence-electron chi connectivity index (χ1n) is 12.8. The highest BCUT2D eigenvalue weighted by Gasteiger charge is 2.43. The molecule has 0 spiro atoms. The first-order valence-corrected chi connectivity index (χ1v) is 13.6. The zero-order chi connectivity index (χ0) is 29.1. The van der Waals surface area contributed by atoms with Gasteiger partial charge in [0, 0.05) is 42.7 Å². The first-order chi connectivity index (χ1) is 18.8. The Bertz CT molecular complexity index is 1520. The number of aryl methyl sites for hydroxylation is 1. The minimum absolute atomic E-state index is 0.000147. The highest BCUT2D eigenvalue weighted by atomic mass is 32.1. The van der Waals surface area contributed by atoms with Gasteiger partial charge in [0.05, 0.1) is 27.4 Å². The maximum atomic E-state index is 15.6. The molecule has 3 aromatic rings. The predicted molar refractivity (Wildman–Crippen MR) is 140 cm³/mol. The van der Waals surface area contributed by atoms with Gasteiger partial charge in [-0.15, -0.1) is 11.3 Å². The molecular formula is C27H27F4N5O3S. The Morgan fingerprint density at radius 3 is 2.48 bits per heavy atom. The zero-order valence-electron chi connectivity index (χ0n) is 22.2. The van der Waals surface area contributed by atoms with Crippen molar-refractivity contribution in [2.75, 3.05) is 20.1 Å². The van der Waals surface area contributed by atoms with E-state index in [1.807, 2.05) is 0 Å². The fourth-order valence-corrected chi connectivity index (χ4v) is 6.38. The average Bonchev–Trinajstić information content (AvgIpc) is 3.57. The van der Waals surface area contributed by atoms with Gasteiger partial charge in [-0.2, -0.15) is 13.2 Å². The van der Waals surface area contributed by atoms with Gasteiger partial charge >= 0.3 is 6.18 Å². The van der Waals surface area contributed by atoms with Crippen molar-refractivity contribution < 1.29 is 31.9 Å². The van der Waals surface area contributed by atoms with E-state index in [1.54, 1.807) is 25.8 Å². The maximum absolute atomic E-state index is 15.6. The Hall–Kier alpha value is -3.45. The number of imide groups is 1. The van der Waals surface area contributed by atoms with E-state index < -0.39 is 47.2 Å². The number of amides is 3. The number of halogens is 4. The molecule has 0 bridgehead atoms. The second kappa shape index (κ2) is 10.2. The number of carbonyl (C=O) groups is 3. The van der Waals surface area contributed by atoms with Gasteiger partial charge in [-0.05, 0) is 38.1 Å². The summed E-state index contributed by atoms with van der Waals surface area (Å²) in [6.45, 7) is 5.16. The summed E-state index contributed by atoms with van der Waals surface area (Å²) >= 11 is 0.875. The Kier molecular flexibility index (Phi) is 7.15. The second-order valence-electron chi connectivity index (χ2n) is 10.3. The van der Waals surface area contributed by atoms with Gasteiger partial charge < -0.3 is 10.2 Å². The molecule has 5 rings (SSSR count). The van der Waals surface area contributed by atoms with Crippen molar-refractivity contribution >= 4 is 39.3 Å². The van der Waals surface area contributed by atoms with Crippen LogP contribution in [0.3, 0.4) is 0 Å². The fraction of sp³-hybridized carbons (Fsp3) is 0.444. The number of hydrogen-bond acceptors (Lipinski definition) is 7. The predicted octanol–water partition coefficient (Wildman–Crippen LogP) is 4.40. The summed E-state index contributed by atoms with van der Waals surface area (Å²) in [4.78, 5) is 49.5. The molecule has 2 fully saturated rings. The highest BCUT2D eigenvalue weighted by Crippen LogP contribution is 2.41. The number of likely N-dealkylation sites (N-methyl/N-ethyl adjacent to an activating group) is 1.